The third kappa shape index (κ3) is 3.35. The van der Waals surface area contributed by atoms with Crippen LogP contribution in [0.4, 0.5) is 0 Å². The van der Waals surface area contributed by atoms with Crippen LogP contribution in [-0.2, 0) is 5.54 Å². The van der Waals surface area contributed by atoms with Gasteiger partial charge >= 0.3 is 5.56 Å². The van der Waals surface area contributed by atoms with Crippen LogP contribution in [0.15, 0.2) is 33.8 Å². The summed E-state index contributed by atoms with van der Waals surface area (Å²) in [4.78, 5) is 16.5. The quantitative estimate of drug-likeness (QED) is 0.816. The van der Waals surface area contributed by atoms with E-state index in [9.17, 15) is 4.79 Å². The molecule has 0 N–H and O–H groups in total. The normalized spacial score (nSPS) is 11.5. The molecule has 0 amide bonds. The Labute approximate surface area is 132 Å². The second-order valence-corrected chi connectivity index (χ2v) is 6.84. The van der Waals surface area contributed by atoms with Gasteiger partial charge in [0.25, 0.3) is 5.88 Å². The van der Waals surface area contributed by atoms with Gasteiger partial charge in [0.15, 0.2) is 0 Å². The predicted octanol–water partition coefficient (Wildman–Crippen LogP) is 4.17. The van der Waals surface area contributed by atoms with Gasteiger partial charge in [0.1, 0.15) is 5.75 Å². The van der Waals surface area contributed by atoms with Crippen LogP contribution in [0.25, 0.3) is 0 Å². The summed E-state index contributed by atoms with van der Waals surface area (Å²) >= 11 is 3.51. The lowest BCUT2D eigenvalue weighted by molar-refractivity contribution is 0.363. The van der Waals surface area contributed by atoms with Crippen molar-refractivity contribution >= 4 is 15.9 Å². The third-order valence-corrected chi connectivity index (χ3v) is 4.41. The van der Waals surface area contributed by atoms with Crippen LogP contribution in [0.1, 0.15) is 31.9 Å². The van der Waals surface area contributed by atoms with Gasteiger partial charge in [0.2, 0.25) is 0 Å². The number of aromatic nitrogens is 2. The molecule has 0 radical (unpaired) electrons. The number of benzene rings is 1. The largest absolute Gasteiger partial charge is 0.435 e. The molecule has 1 heterocycles. The van der Waals surface area contributed by atoms with E-state index in [4.69, 9.17) is 4.74 Å². The molecule has 2 aromatic rings. The van der Waals surface area contributed by atoms with Gasteiger partial charge in [-0.15, -0.1) is 0 Å². The summed E-state index contributed by atoms with van der Waals surface area (Å²) in [6.45, 7) is 9.86. The fourth-order valence-electron chi connectivity index (χ4n) is 2.07. The average Bonchev–Trinajstić information content (AvgIpc) is 2.37. The highest BCUT2D eigenvalue weighted by Gasteiger charge is 2.18. The molecule has 0 saturated heterocycles. The van der Waals surface area contributed by atoms with E-state index in [1.54, 1.807) is 17.0 Å². The van der Waals surface area contributed by atoms with Crippen molar-refractivity contribution in [2.24, 2.45) is 0 Å². The summed E-state index contributed by atoms with van der Waals surface area (Å²) in [6, 6.07) is 3.76. The molecule has 0 aliphatic carbocycles. The van der Waals surface area contributed by atoms with E-state index in [1.807, 2.05) is 46.8 Å². The molecule has 0 fully saturated rings. The van der Waals surface area contributed by atoms with Crippen molar-refractivity contribution in [3.05, 3.63) is 50.5 Å². The smallest absolute Gasteiger partial charge is 0.314 e. The topological polar surface area (TPSA) is 44.1 Å². The first-order chi connectivity index (χ1) is 9.70. The molecule has 0 saturated carbocycles. The summed E-state index contributed by atoms with van der Waals surface area (Å²) in [5.74, 6) is 0.706. The molecule has 0 atom stereocenters. The van der Waals surface area contributed by atoms with Gasteiger partial charge in [-0.2, -0.15) is 0 Å². The number of hydrogen-bond donors (Lipinski definition) is 0. The van der Waals surface area contributed by atoms with Crippen LogP contribution in [-0.4, -0.2) is 9.55 Å². The number of halogens is 1. The Morgan fingerprint density at radius 3 is 2.29 bits per heavy atom. The number of rotatable bonds is 2. The number of hydrogen-bond acceptors (Lipinski definition) is 3. The first-order valence-corrected chi connectivity index (χ1v) is 7.52. The van der Waals surface area contributed by atoms with Crippen molar-refractivity contribution in [1.82, 2.24) is 9.55 Å². The Morgan fingerprint density at radius 2 is 1.76 bits per heavy atom. The maximum atomic E-state index is 12.4. The predicted molar refractivity (Wildman–Crippen MR) is 87.2 cm³/mol. The minimum atomic E-state index is -0.316. The second kappa shape index (κ2) is 5.64. The molecule has 0 aliphatic rings. The van der Waals surface area contributed by atoms with E-state index in [1.165, 1.54) is 0 Å². The molecule has 1 aromatic carbocycles. The molecule has 21 heavy (non-hydrogen) atoms. The highest BCUT2D eigenvalue weighted by Crippen LogP contribution is 2.28. The van der Waals surface area contributed by atoms with E-state index in [0.29, 0.717) is 5.75 Å². The van der Waals surface area contributed by atoms with E-state index in [2.05, 4.69) is 20.9 Å². The molecule has 0 unspecified atom stereocenters. The van der Waals surface area contributed by atoms with Crippen molar-refractivity contribution in [2.45, 2.75) is 40.2 Å². The Morgan fingerprint density at radius 1 is 1.19 bits per heavy atom. The van der Waals surface area contributed by atoms with E-state index < -0.39 is 0 Å². The molecule has 0 spiro atoms. The van der Waals surface area contributed by atoms with Crippen molar-refractivity contribution < 1.29 is 4.74 Å². The van der Waals surface area contributed by atoms with E-state index >= 15 is 0 Å². The zero-order valence-electron chi connectivity index (χ0n) is 12.9. The summed E-state index contributed by atoms with van der Waals surface area (Å²) in [5.41, 5.74) is 1.56. The number of nitrogens with zero attached hydrogens (tertiary/aromatic N) is 2. The summed E-state index contributed by atoms with van der Waals surface area (Å²) < 4.78 is 8.36. The third-order valence-electron chi connectivity index (χ3n) is 3.16. The van der Waals surface area contributed by atoms with Crippen molar-refractivity contribution in [1.29, 1.82) is 0 Å². The van der Waals surface area contributed by atoms with Crippen molar-refractivity contribution in [3.8, 4) is 11.6 Å². The van der Waals surface area contributed by atoms with Gasteiger partial charge in [-0.3, -0.25) is 4.79 Å². The van der Waals surface area contributed by atoms with Gasteiger partial charge in [-0.1, -0.05) is 15.9 Å². The monoisotopic (exact) mass is 350 g/mol. The van der Waals surface area contributed by atoms with Crippen LogP contribution in [0.2, 0.25) is 0 Å². The maximum absolute atomic E-state index is 12.4. The Hall–Kier alpha value is -1.62. The minimum Gasteiger partial charge on any atom is -0.435 e. The van der Waals surface area contributed by atoms with E-state index in [0.717, 1.165) is 15.6 Å². The highest BCUT2D eigenvalue weighted by molar-refractivity contribution is 9.10. The van der Waals surface area contributed by atoms with Crippen LogP contribution in [0.3, 0.4) is 0 Å². The molecular formula is C16H19BrN2O2. The van der Waals surface area contributed by atoms with Gasteiger partial charge in [-0.25, -0.2) is 4.98 Å². The fraction of sp³-hybridized carbons (Fsp3) is 0.375. The Kier molecular flexibility index (Phi) is 4.23. The standard InChI is InChI=1S/C16H19BrN2O2/c1-10-8-12(9-11(2)13(10)17)21-14-15(20)19(7-6-18-14)16(3,4)5/h6-9H,1-5H3. The summed E-state index contributed by atoms with van der Waals surface area (Å²) in [5, 5.41) is 0. The van der Waals surface area contributed by atoms with Gasteiger partial charge in [0, 0.05) is 22.4 Å². The van der Waals surface area contributed by atoms with Crippen LogP contribution in [0.5, 0.6) is 11.6 Å². The second-order valence-electron chi connectivity index (χ2n) is 6.05. The fourth-order valence-corrected chi connectivity index (χ4v) is 2.30. The molecule has 2 rings (SSSR count). The zero-order valence-corrected chi connectivity index (χ0v) is 14.5. The van der Waals surface area contributed by atoms with Gasteiger partial charge in [-0.05, 0) is 57.9 Å². The summed E-state index contributed by atoms with van der Waals surface area (Å²) in [7, 11) is 0. The van der Waals surface area contributed by atoms with Crippen LogP contribution < -0.4 is 10.3 Å². The lowest BCUT2D eigenvalue weighted by atomic mass is 10.1. The van der Waals surface area contributed by atoms with Crippen LogP contribution in [0, 0.1) is 13.8 Å². The first-order valence-electron chi connectivity index (χ1n) is 6.73. The van der Waals surface area contributed by atoms with Crippen molar-refractivity contribution in [2.75, 3.05) is 0 Å². The molecule has 0 aliphatic heterocycles. The molecule has 1 aromatic heterocycles. The maximum Gasteiger partial charge on any atom is 0.314 e. The van der Waals surface area contributed by atoms with Crippen molar-refractivity contribution in [3.63, 3.8) is 0 Å². The zero-order chi connectivity index (χ0) is 15.8. The Balaban J connectivity index is 2.44. The first kappa shape index (κ1) is 15.8. The van der Waals surface area contributed by atoms with Gasteiger partial charge < -0.3 is 9.30 Å². The minimum absolute atomic E-state index is 0.0912. The lowest BCUT2D eigenvalue weighted by Gasteiger charge is -2.22. The average molecular weight is 351 g/mol. The summed E-state index contributed by atoms with van der Waals surface area (Å²) in [6.07, 6.45) is 3.26. The molecule has 5 heteroatoms. The molecule has 4 nitrogen and oxygen atoms in total. The SMILES string of the molecule is Cc1cc(Oc2nccn(C(C)(C)C)c2=O)cc(C)c1Br. The molecule has 112 valence electrons. The Bertz CT molecular complexity index is 707. The van der Waals surface area contributed by atoms with E-state index in [-0.39, 0.29) is 17.0 Å². The molecular weight excluding hydrogens is 332 g/mol. The molecule has 0 bridgehead atoms. The lowest BCUT2D eigenvalue weighted by Crippen LogP contribution is -2.34. The highest BCUT2D eigenvalue weighted by atomic mass is 79.9. The van der Waals surface area contributed by atoms with Gasteiger partial charge in [0.05, 0.1) is 0 Å². The number of aryl methyl sites for hydroxylation is 2. The number of ether oxygens (including phenoxy) is 1. The van der Waals surface area contributed by atoms with Crippen LogP contribution >= 0.6 is 15.9 Å².